The standard InChI is InChI=1S/C13H20ClNO/c1-7(6-14)15(2)13(16)12-10-8-3-4-9(5-8)11(10)12/h7-12H,3-6H2,1-2H3. The number of hydrogen-bond acceptors (Lipinski definition) is 1. The molecule has 5 atom stereocenters. The molecule has 0 saturated heterocycles. The number of hydrogen-bond donors (Lipinski definition) is 0. The van der Waals surface area contributed by atoms with Crippen molar-refractivity contribution in [3.8, 4) is 0 Å². The molecular formula is C13H20ClNO. The minimum Gasteiger partial charge on any atom is -0.342 e. The van der Waals surface area contributed by atoms with Crippen molar-refractivity contribution < 1.29 is 4.79 Å². The molecule has 0 heterocycles. The van der Waals surface area contributed by atoms with E-state index in [1.807, 2.05) is 18.9 Å². The highest BCUT2D eigenvalue weighted by molar-refractivity contribution is 6.18. The van der Waals surface area contributed by atoms with Gasteiger partial charge >= 0.3 is 0 Å². The summed E-state index contributed by atoms with van der Waals surface area (Å²) in [7, 11) is 1.91. The monoisotopic (exact) mass is 241 g/mol. The molecular weight excluding hydrogens is 222 g/mol. The number of fused-ring (bicyclic) bond motifs is 5. The molecule has 2 bridgehead atoms. The van der Waals surface area contributed by atoms with Crippen LogP contribution in [0.2, 0.25) is 0 Å². The summed E-state index contributed by atoms with van der Waals surface area (Å²) in [5.41, 5.74) is 0. The summed E-state index contributed by atoms with van der Waals surface area (Å²) in [4.78, 5) is 14.2. The van der Waals surface area contributed by atoms with E-state index in [1.165, 1.54) is 19.3 Å². The molecule has 3 saturated carbocycles. The number of halogens is 1. The van der Waals surface area contributed by atoms with E-state index in [0.717, 1.165) is 23.7 Å². The summed E-state index contributed by atoms with van der Waals surface area (Å²) in [5.74, 6) is 4.51. The Bertz CT molecular complexity index is 303. The second-order valence-corrected chi connectivity index (χ2v) is 6.27. The maximum Gasteiger partial charge on any atom is 0.226 e. The van der Waals surface area contributed by atoms with Crippen molar-refractivity contribution in [2.75, 3.05) is 12.9 Å². The second kappa shape index (κ2) is 3.63. The number of carbonyl (C=O) groups excluding carboxylic acids is 1. The van der Waals surface area contributed by atoms with Gasteiger partial charge in [0.1, 0.15) is 0 Å². The van der Waals surface area contributed by atoms with E-state index in [9.17, 15) is 4.79 Å². The van der Waals surface area contributed by atoms with E-state index in [2.05, 4.69) is 0 Å². The zero-order valence-electron chi connectivity index (χ0n) is 10.0. The Kier molecular flexibility index (Phi) is 2.47. The molecule has 3 aliphatic carbocycles. The van der Waals surface area contributed by atoms with Crippen LogP contribution in [0.15, 0.2) is 0 Å². The molecule has 3 rings (SSSR count). The fourth-order valence-electron chi connectivity index (χ4n) is 4.21. The normalized spacial score (nSPS) is 45.3. The average Bonchev–Trinajstić information content (AvgIpc) is 2.74. The Hall–Kier alpha value is -0.240. The topological polar surface area (TPSA) is 20.3 Å². The van der Waals surface area contributed by atoms with Gasteiger partial charge in [0.2, 0.25) is 5.91 Å². The van der Waals surface area contributed by atoms with Gasteiger partial charge in [-0.25, -0.2) is 0 Å². The largest absolute Gasteiger partial charge is 0.342 e. The number of carbonyl (C=O) groups is 1. The first kappa shape index (κ1) is 10.9. The summed E-state index contributed by atoms with van der Waals surface area (Å²) in [6, 6.07) is 0.174. The molecule has 2 nitrogen and oxygen atoms in total. The average molecular weight is 242 g/mol. The van der Waals surface area contributed by atoms with E-state index < -0.39 is 0 Å². The number of nitrogens with zero attached hydrogens (tertiary/aromatic N) is 1. The van der Waals surface area contributed by atoms with Gasteiger partial charge in [0.05, 0.1) is 0 Å². The zero-order chi connectivity index (χ0) is 11.4. The number of amides is 1. The lowest BCUT2D eigenvalue weighted by Crippen LogP contribution is -2.38. The zero-order valence-corrected chi connectivity index (χ0v) is 10.8. The Morgan fingerprint density at radius 3 is 2.44 bits per heavy atom. The fourth-order valence-corrected chi connectivity index (χ4v) is 4.42. The molecule has 3 fully saturated rings. The summed E-state index contributed by atoms with van der Waals surface area (Å²) in [5, 5.41) is 0. The van der Waals surface area contributed by atoms with Crippen LogP contribution in [0.5, 0.6) is 0 Å². The Labute approximate surface area is 102 Å². The van der Waals surface area contributed by atoms with E-state index in [-0.39, 0.29) is 6.04 Å². The summed E-state index contributed by atoms with van der Waals surface area (Å²) >= 11 is 5.81. The van der Waals surface area contributed by atoms with Crippen LogP contribution < -0.4 is 0 Å². The number of alkyl halides is 1. The highest BCUT2D eigenvalue weighted by atomic mass is 35.5. The SMILES string of the molecule is CC(CCl)N(C)C(=O)C1C2C3CCC(C3)C12. The molecule has 0 spiro atoms. The molecule has 0 aromatic heterocycles. The quantitative estimate of drug-likeness (QED) is 0.695. The second-order valence-electron chi connectivity index (χ2n) is 5.97. The minimum atomic E-state index is 0.174. The maximum atomic E-state index is 12.3. The van der Waals surface area contributed by atoms with Gasteiger partial charge < -0.3 is 4.90 Å². The molecule has 0 aromatic carbocycles. The number of rotatable bonds is 3. The predicted molar refractivity (Wildman–Crippen MR) is 64.3 cm³/mol. The third kappa shape index (κ3) is 1.35. The molecule has 0 N–H and O–H groups in total. The van der Waals surface area contributed by atoms with Crippen molar-refractivity contribution in [2.24, 2.45) is 29.6 Å². The van der Waals surface area contributed by atoms with Crippen LogP contribution in [0, 0.1) is 29.6 Å². The molecule has 5 unspecified atom stereocenters. The molecule has 3 aliphatic rings. The lowest BCUT2D eigenvalue weighted by atomic mass is 10.0. The van der Waals surface area contributed by atoms with E-state index >= 15 is 0 Å². The third-order valence-corrected chi connectivity index (χ3v) is 5.70. The van der Waals surface area contributed by atoms with Crippen molar-refractivity contribution in [1.82, 2.24) is 4.90 Å². The summed E-state index contributed by atoms with van der Waals surface area (Å²) in [6.45, 7) is 2.03. The predicted octanol–water partition coefficient (Wildman–Crippen LogP) is 2.36. The Morgan fingerprint density at radius 1 is 1.38 bits per heavy atom. The van der Waals surface area contributed by atoms with Gasteiger partial charge in [0.15, 0.2) is 0 Å². The molecule has 90 valence electrons. The van der Waals surface area contributed by atoms with Crippen molar-refractivity contribution in [3.63, 3.8) is 0 Å². The van der Waals surface area contributed by atoms with Crippen LogP contribution in [-0.2, 0) is 4.79 Å². The minimum absolute atomic E-state index is 0.174. The van der Waals surface area contributed by atoms with Crippen LogP contribution in [-0.4, -0.2) is 29.8 Å². The van der Waals surface area contributed by atoms with Gasteiger partial charge in [0.25, 0.3) is 0 Å². The van der Waals surface area contributed by atoms with Crippen LogP contribution in [0.1, 0.15) is 26.2 Å². The lowest BCUT2D eigenvalue weighted by Gasteiger charge is -2.24. The smallest absolute Gasteiger partial charge is 0.226 e. The first-order valence-electron chi connectivity index (χ1n) is 6.47. The first-order valence-corrected chi connectivity index (χ1v) is 7.01. The maximum absolute atomic E-state index is 12.3. The molecule has 0 aromatic rings. The summed E-state index contributed by atoms with van der Waals surface area (Å²) in [6.07, 6.45) is 4.17. The van der Waals surface area contributed by atoms with E-state index in [0.29, 0.717) is 17.7 Å². The van der Waals surface area contributed by atoms with E-state index in [4.69, 9.17) is 11.6 Å². The van der Waals surface area contributed by atoms with Crippen molar-refractivity contribution in [3.05, 3.63) is 0 Å². The van der Waals surface area contributed by atoms with Crippen molar-refractivity contribution in [2.45, 2.75) is 32.2 Å². The van der Waals surface area contributed by atoms with Gasteiger partial charge in [-0.15, -0.1) is 11.6 Å². The van der Waals surface area contributed by atoms with Crippen LogP contribution in [0.3, 0.4) is 0 Å². The van der Waals surface area contributed by atoms with E-state index in [1.54, 1.807) is 0 Å². The molecule has 1 amide bonds. The van der Waals surface area contributed by atoms with Gasteiger partial charge in [-0.1, -0.05) is 0 Å². The molecule has 0 aliphatic heterocycles. The van der Waals surface area contributed by atoms with Gasteiger partial charge in [0, 0.05) is 24.9 Å². The highest BCUT2D eigenvalue weighted by Gasteiger charge is 2.67. The molecule has 0 radical (unpaired) electrons. The van der Waals surface area contributed by atoms with Gasteiger partial charge in [-0.2, -0.15) is 0 Å². The lowest BCUT2D eigenvalue weighted by molar-refractivity contribution is -0.133. The van der Waals surface area contributed by atoms with Crippen molar-refractivity contribution >= 4 is 17.5 Å². The van der Waals surface area contributed by atoms with Crippen LogP contribution >= 0.6 is 11.6 Å². The third-order valence-electron chi connectivity index (χ3n) is 5.25. The highest BCUT2D eigenvalue weighted by Crippen LogP contribution is 2.69. The van der Waals surface area contributed by atoms with Gasteiger partial charge in [-0.3, -0.25) is 4.79 Å². The van der Waals surface area contributed by atoms with Crippen LogP contribution in [0.4, 0.5) is 0 Å². The Morgan fingerprint density at radius 2 is 1.94 bits per heavy atom. The Balaban J connectivity index is 1.66. The van der Waals surface area contributed by atoms with Crippen LogP contribution in [0.25, 0.3) is 0 Å². The van der Waals surface area contributed by atoms with Gasteiger partial charge in [-0.05, 0) is 49.9 Å². The summed E-state index contributed by atoms with van der Waals surface area (Å²) < 4.78 is 0. The molecule has 16 heavy (non-hydrogen) atoms. The fraction of sp³-hybridized carbons (Fsp3) is 0.923. The molecule has 3 heteroatoms. The first-order chi connectivity index (χ1) is 7.65. The van der Waals surface area contributed by atoms with Crippen molar-refractivity contribution in [1.29, 1.82) is 0 Å².